The van der Waals surface area contributed by atoms with Gasteiger partial charge in [0.25, 0.3) is 0 Å². The normalized spacial score (nSPS) is 8.15. The monoisotopic (exact) mass is 186 g/mol. The molecule has 13 heavy (non-hydrogen) atoms. The Morgan fingerprint density at radius 1 is 1.54 bits per heavy atom. The molecule has 0 radical (unpaired) electrons. The van der Waals surface area contributed by atoms with Gasteiger partial charge < -0.3 is 14.3 Å². The lowest BCUT2D eigenvalue weighted by Crippen LogP contribution is -1.90. The third kappa shape index (κ3) is 5.49. The first kappa shape index (κ1) is 11.2. The molecule has 0 atom stereocenters. The van der Waals surface area contributed by atoms with Gasteiger partial charge in [0, 0.05) is 6.92 Å². The molecule has 1 heterocycles. The number of carboxylic acids is 1. The Bertz CT molecular complexity index is 262. The van der Waals surface area contributed by atoms with Gasteiger partial charge >= 0.3 is 11.9 Å². The highest BCUT2D eigenvalue weighted by Gasteiger charge is 2.01. The molecule has 1 aromatic rings. The second kappa shape index (κ2) is 5.82. The van der Waals surface area contributed by atoms with Crippen molar-refractivity contribution in [3.05, 3.63) is 24.2 Å². The number of hydrogen-bond acceptors (Lipinski definition) is 4. The van der Waals surface area contributed by atoms with E-state index in [0.29, 0.717) is 0 Å². The van der Waals surface area contributed by atoms with E-state index in [9.17, 15) is 9.59 Å². The van der Waals surface area contributed by atoms with Crippen molar-refractivity contribution in [2.24, 2.45) is 0 Å². The average molecular weight is 186 g/mol. The van der Waals surface area contributed by atoms with Crippen molar-refractivity contribution in [1.82, 2.24) is 0 Å². The SMILES string of the molecule is COC(C)=O.O=C(O)c1ccco1. The van der Waals surface area contributed by atoms with Gasteiger partial charge in [-0.3, -0.25) is 4.79 Å². The van der Waals surface area contributed by atoms with Gasteiger partial charge in [-0.1, -0.05) is 0 Å². The Kier molecular flexibility index (Phi) is 5.02. The van der Waals surface area contributed by atoms with Crippen molar-refractivity contribution in [2.45, 2.75) is 6.92 Å². The van der Waals surface area contributed by atoms with Gasteiger partial charge in [0.1, 0.15) is 0 Å². The van der Waals surface area contributed by atoms with Crippen LogP contribution in [-0.4, -0.2) is 24.2 Å². The van der Waals surface area contributed by atoms with Crippen LogP contribution in [0.5, 0.6) is 0 Å². The first-order valence-electron chi connectivity index (χ1n) is 3.39. The van der Waals surface area contributed by atoms with E-state index < -0.39 is 5.97 Å². The molecule has 0 bridgehead atoms. The minimum absolute atomic E-state index is 0.0231. The zero-order valence-electron chi connectivity index (χ0n) is 7.31. The average Bonchev–Trinajstić information content (AvgIpc) is 2.57. The van der Waals surface area contributed by atoms with E-state index in [0.717, 1.165) is 0 Å². The minimum atomic E-state index is -1.03. The molecule has 1 rings (SSSR count). The molecule has 5 nitrogen and oxygen atoms in total. The van der Waals surface area contributed by atoms with Crippen LogP contribution in [0.1, 0.15) is 17.5 Å². The molecule has 0 aliphatic rings. The maximum atomic E-state index is 9.97. The molecular weight excluding hydrogens is 176 g/mol. The lowest BCUT2D eigenvalue weighted by atomic mass is 10.5. The molecule has 0 unspecified atom stereocenters. The Hall–Kier alpha value is -1.78. The predicted molar refractivity (Wildman–Crippen MR) is 43.4 cm³/mol. The first-order chi connectivity index (χ1) is 6.07. The number of rotatable bonds is 1. The number of aromatic carboxylic acids is 1. The molecule has 0 aliphatic heterocycles. The van der Waals surface area contributed by atoms with Crippen LogP contribution in [0.3, 0.4) is 0 Å². The summed E-state index contributed by atoms with van der Waals surface area (Å²) in [6.07, 6.45) is 1.32. The van der Waals surface area contributed by atoms with E-state index in [4.69, 9.17) is 5.11 Å². The zero-order chi connectivity index (χ0) is 10.3. The summed E-state index contributed by atoms with van der Waals surface area (Å²) < 4.78 is 8.61. The van der Waals surface area contributed by atoms with Crippen molar-refractivity contribution in [3.8, 4) is 0 Å². The van der Waals surface area contributed by atoms with E-state index in [1.54, 1.807) is 0 Å². The van der Waals surface area contributed by atoms with E-state index in [1.165, 1.54) is 32.4 Å². The fourth-order valence-corrected chi connectivity index (χ4v) is 0.400. The molecule has 0 fully saturated rings. The zero-order valence-corrected chi connectivity index (χ0v) is 7.31. The molecule has 0 saturated carbocycles. The molecule has 0 aliphatic carbocycles. The number of ether oxygens (including phenoxy) is 1. The van der Waals surface area contributed by atoms with Gasteiger partial charge in [-0.05, 0) is 12.1 Å². The summed E-state index contributed by atoms with van der Waals surface area (Å²) in [6, 6.07) is 2.92. The standard InChI is InChI=1S/C5H4O3.C3H6O2/c6-5(7)4-2-1-3-8-4;1-3(4)5-2/h1-3H,(H,6,7);1-2H3. The van der Waals surface area contributed by atoms with Gasteiger partial charge in [0.15, 0.2) is 0 Å². The summed E-state index contributed by atoms with van der Waals surface area (Å²) in [4.78, 5) is 19.6. The van der Waals surface area contributed by atoms with E-state index >= 15 is 0 Å². The number of hydrogen-bond donors (Lipinski definition) is 1. The van der Waals surface area contributed by atoms with Gasteiger partial charge in [-0.2, -0.15) is 0 Å². The molecule has 0 aromatic carbocycles. The Balaban J connectivity index is 0.000000252. The molecule has 0 spiro atoms. The maximum Gasteiger partial charge on any atom is 0.371 e. The van der Waals surface area contributed by atoms with Crippen LogP contribution in [0.4, 0.5) is 0 Å². The lowest BCUT2D eigenvalue weighted by molar-refractivity contribution is -0.137. The van der Waals surface area contributed by atoms with Gasteiger partial charge in [0.2, 0.25) is 5.76 Å². The highest BCUT2D eigenvalue weighted by molar-refractivity contribution is 5.84. The van der Waals surface area contributed by atoms with Crippen molar-refractivity contribution >= 4 is 11.9 Å². The van der Waals surface area contributed by atoms with Crippen LogP contribution in [0.2, 0.25) is 0 Å². The molecule has 1 N–H and O–H groups in total. The minimum Gasteiger partial charge on any atom is -0.475 e. The number of methoxy groups -OCH3 is 1. The van der Waals surface area contributed by atoms with Crippen LogP contribution in [0, 0.1) is 0 Å². The van der Waals surface area contributed by atoms with Crippen LogP contribution in [0.15, 0.2) is 22.8 Å². The number of esters is 1. The number of carbonyl (C=O) groups excluding carboxylic acids is 1. The fourth-order valence-electron chi connectivity index (χ4n) is 0.400. The summed E-state index contributed by atoms with van der Waals surface area (Å²) in [5.41, 5.74) is 0. The second-order valence-electron chi connectivity index (χ2n) is 1.98. The summed E-state index contributed by atoms with van der Waals surface area (Å²) in [5, 5.41) is 8.18. The summed E-state index contributed by atoms with van der Waals surface area (Å²) in [7, 11) is 1.35. The van der Waals surface area contributed by atoms with Crippen LogP contribution in [0.25, 0.3) is 0 Å². The molecule has 72 valence electrons. The van der Waals surface area contributed by atoms with Crippen LogP contribution < -0.4 is 0 Å². The van der Waals surface area contributed by atoms with Gasteiger partial charge in [-0.15, -0.1) is 0 Å². The van der Waals surface area contributed by atoms with E-state index in [2.05, 4.69) is 9.15 Å². The van der Waals surface area contributed by atoms with E-state index in [1.807, 2.05) is 0 Å². The highest BCUT2D eigenvalue weighted by atomic mass is 16.5. The number of furan rings is 1. The molecular formula is C8H10O5. The van der Waals surface area contributed by atoms with E-state index in [-0.39, 0.29) is 11.7 Å². The molecule has 0 saturated heterocycles. The summed E-state index contributed by atoms with van der Waals surface area (Å²) >= 11 is 0. The van der Waals surface area contributed by atoms with Crippen LogP contribution >= 0.6 is 0 Å². The number of carbonyl (C=O) groups is 2. The van der Waals surface area contributed by atoms with Crippen molar-refractivity contribution in [1.29, 1.82) is 0 Å². The lowest BCUT2D eigenvalue weighted by Gasteiger charge is -1.80. The second-order valence-corrected chi connectivity index (χ2v) is 1.98. The third-order valence-corrected chi connectivity index (χ3v) is 1.02. The van der Waals surface area contributed by atoms with Crippen molar-refractivity contribution < 1.29 is 23.8 Å². The Morgan fingerprint density at radius 2 is 2.08 bits per heavy atom. The topological polar surface area (TPSA) is 76.7 Å². The fraction of sp³-hybridized carbons (Fsp3) is 0.250. The Morgan fingerprint density at radius 3 is 2.23 bits per heavy atom. The third-order valence-electron chi connectivity index (χ3n) is 1.02. The largest absolute Gasteiger partial charge is 0.475 e. The van der Waals surface area contributed by atoms with Crippen molar-refractivity contribution in [2.75, 3.05) is 7.11 Å². The predicted octanol–water partition coefficient (Wildman–Crippen LogP) is 1.16. The Labute approximate surface area is 74.9 Å². The summed E-state index contributed by atoms with van der Waals surface area (Å²) in [5.74, 6) is -1.30. The molecule has 0 amide bonds. The molecule has 1 aromatic heterocycles. The van der Waals surface area contributed by atoms with Crippen LogP contribution in [-0.2, 0) is 9.53 Å². The smallest absolute Gasteiger partial charge is 0.371 e. The molecule has 5 heteroatoms. The van der Waals surface area contributed by atoms with Gasteiger partial charge in [0.05, 0.1) is 13.4 Å². The number of carboxylic acid groups (broad SMARTS) is 1. The highest BCUT2D eigenvalue weighted by Crippen LogP contribution is 1.97. The maximum absolute atomic E-state index is 9.97. The van der Waals surface area contributed by atoms with Crippen molar-refractivity contribution in [3.63, 3.8) is 0 Å². The van der Waals surface area contributed by atoms with Gasteiger partial charge in [-0.25, -0.2) is 4.79 Å². The summed E-state index contributed by atoms with van der Waals surface area (Å²) in [6.45, 7) is 1.36. The first-order valence-corrected chi connectivity index (χ1v) is 3.39. The quantitative estimate of drug-likeness (QED) is 0.666.